The summed E-state index contributed by atoms with van der Waals surface area (Å²) in [6, 6.07) is 13.7. The average Bonchev–Trinajstić information content (AvgIpc) is 3.14. The van der Waals surface area contributed by atoms with E-state index in [1.807, 2.05) is 42.6 Å². The third-order valence-electron chi connectivity index (χ3n) is 3.93. The molecule has 4 heteroatoms. The highest BCUT2D eigenvalue weighted by Gasteiger charge is 2.13. The van der Waals surface area contributed by atoms with E-state index < -0.39 is 0 Å². The molecule has 4 rings (SSSR count). The van der Waals surface area contributed by atoms with E-state index in [1.165, 1.54) is 11.1 Å². The van der Waals surface area contributed by atoms with Crippen molar-refractivity contribution in [3.63, 3.8) is 0 Å². The van der Waals surface area contributed by atoms with Gasteiger partial charge in [-0.25, -0.2) is 0 Å². The number of hydrogen-bond donors (Lipinski definition) is 3. The number of aromatic amines is 1. The van der Waals surface area contributed by atoms with Crippen LogP contribution in [-0.4, -0.2) is 10.9 Å². The van der Waals surface area contributed by atoms with Crippen LogP contribution in [-0.2, 0) is 13.1 Å². The third kappa shape index (κ3) is 2.10. The van der Waals surface area contributed by atoms with Gasteiger partial charge in [-0.1, -0.05) is 12.1 Å². The Hall–Kier alpha value is -2.59. The van der Waals surface area contributed by atoms with Gasteiger partial charge < -0.3 is 15.6 Å². The highest BCUT2D eigenvalue weighted by Crippen LogP contribution is 2.22. The second-order valence-corrected chi connectivity index (χ2v) is 5.29. The van der Waals surface area contributed by atoms with Gasteiger partial charge in [0.2, 0.25) is 0 Å². The van der Waals surface area contributed by atoms with Crippen molar-refractivity contribution in [2.75, 3.05) is 5.32 Å². The summed E-state index contributed by atoms with van der Waals surface area (Å²) in [5.41, 5.74) is 5.07. The zero-order valence-corrected chi connectivity index (χ0v) is 11.4. The van der Waals surface area contributed by atoms with Crippen molar-refractivity contribution in [3.05, 3.63) is 65.4 Å². The van der Waals surface area contributed by atoms with Crippen molar-refractivity contribution in [2.24, 2.45) is 0 Å². The first-order valence-corrected chi connectivity index (χ1v) is 7.01. The van der Waals surface area contributed by atoms with Gasteiger partial charge in [-0.05, 0) is 41.5 Å². The van der Waals surface area contributed by atoms with E-state index in [9.17, 15) is 4.79 Å². The molecule has 3 N–H and O–H groups in total. The highest BCUT2D eigenvalue weighted by atomic mass is 16.1. The molecule has 0 radical (unpaired) electrons. The Morgan fingerprint density at radius 2 is 1.95 bits per heavy atom. The number of fused-ring (bicyclic) bond motifs is 2. The van der Waals surface area contributed by atoms with Crippen LogP contribution in [0.2, 0.25) is 0 Å². The predicted molar refractivity (Wildman–Crippen MR) is 83.2 cm³/mol. The predicted octanol–water partition coefficient (Wildman–Crippen LogP) is 3.02. The second-order valence-electron chi connectivity index (χ2n) is 5.29. The number of anilines is 1. The Labute approximate surface area is 122 Å². The summed E-state index contributed by atoms with van der Waals surface area (Å²) in [7, 11) is 0. The summed E-state index contributed by atoms with van der Waals surface area (Å²) >= 11 is 0. The maximum atomic E-state index is 12.5. The molecule has 1 aliphatic heterocycles. The molecule has 0 spiro atoms. The molecule has 0 saturated heterocycles. The number of rotatable bonds is 2. The molecular formula is C17H15N3O. The van der Waals surface area contributed by atoms with Gasteiger partial charge in [-0.3, -0.25) is 4.79 Å². The van der Waals surface area contributed by atoms with Crippen LogP contribution in [0.15, 0.2) is 48.7 Å². The number of aromatic nitrogens is 1. The molecule has 0 fully saturated rings. The van der Waals surface area contributed by atoms with E-state index in [0.717, 1.165) is 29.7 Å². The smallest absolute Gasteiger partial charge is 0.256 e. The molecule has 21 heavy (non-hydrogen) atoms. The van der Waals surface area contributed by atoms with E-state index in [-0.39, 0.29) is 5.91 Å². The average molecular weight is 277 g/mol. The Kier molecular flexibility index (Phi) is 2.75. The fourth-order valence-corrected chi connectivity index (χ4v) is 2.85. The maximum Gasteiger partial charge on any atom is 0.256 e. The Morgan fingerprint density at radius 1 is 1.05 bits per heavy atom. The summed E-state index contributed by atoms with van der Waals surface area (Å²) in [5, 5.41) is 7.24. The first kappa shape index (κ1) is 12.2. The lowest BCUT2D eigenvalue weighted by molar-refractivity contribution is 0.102. The quantitative estimate of drug-likeness (QED) is 0.674. The van der Waals surface area contributed by atoms with Gasteiger partial charge in [0.15, 0.2) is 0 Å². The summed E-state index contributed by atoms with van der Waals surface area (Å²) in [4.78, 5) is 15.6. The minimum atomic E-state index is -0.0777. The van der Waals surface area contributed by atoms with Gasteiger partial charge >= 0.3 is 0 Å². The van der Waals surface area contributed by atoms with Gasteiger partial charge in [-0.15, -0.1) is 0 Å². The molecule has 0 aliphatic carbocycles. The molecule has 2 heterocycles. The van der Waals surface area contributed by atoms with Crippen LogP contribution in [0, 0.1) is 0 Å². The zero-order valence-electron chi connectivity index (χ0n) is 11.4. The van der Waals surface area contributed by atoms with E-state index in [1.54, 1.807) is 0 Å². The van der Waals surface area contributed by atoms with Crippen LogP contribution in [0.1, 0.15) is 21.5 Å². The number of carbonyl (C=O) groups excluding carboxylic acids is 1. The molecule has 1 amide bonds. The molecule has 4 nitrogen and oxygen atoms in total. The van der Waals surface area contributed by atoms with Crippen LogP contribution < -0.4 is 10.6 Å². The monoisotopic (exact) mass is 277 g/mol. The van der Waals surface area contributed by atoms with Crippen molar-refractivity contribution < 1.29 is 4.79 Å². The maximum absolute atomic E-state index is 12.5. The molecular weight excluding hydrogens is 262 g/mol. The molecule has 1 aliphatic rings. The molecule has 0 atom stereocenters. The van der Waals surface area contributed by atoms with Crippen molar-refractivity contribution in [1.29, 1.82) is 0 Å². The number of H-pyrrole nitrogens is 1. The summed E-state index contributed by atoms with van der Waals surface area (Å²) in [6.07, 6.45) is 1.85. The fourth-order valence-electron chi connectivity index (χ4n) is 2.85. The Balaban J connectivity index is 1.65. The lowest BCUT2D eigenvalue weighted by Gasteiger charge is -2.08. The van der Waals surface area contributed by atoms with Crippen LogP contribution in [0.5, 0.6) is 0 Å². The van der Waals surface area contributed by atoms with Crippen molar-refractivity contribution in [2.45, 2.75) is 13.1 Å². The molecule has 2 aromatic carbocycles. The SMILES string of the molecule is O=C(Nc1ccc2c(c1)CNC2)c1cccc2[nH]ccc12. The lowest BCUT2D eigenvalue weighted by Crippen LogP contribution is -2.12. The first-order chi connectivity index (χ1) is 10.3. The van der Waals surface area contributed by atoms with Crippen LogP contribution in [0.3, 0.4) is 0 Å². The molecule has 0 unspecified atom stereocenters. The molecule has 3 aromatic rings. The van der Waals surface area contributed by atoms with Crippen molar-refractivity contribution >= 4 is 22.5 Å². The van der Waals surface area contributed by atoms with Crippen molar-refractivity contribution in [1.82, 2.24) is 10.3 Å². The lowest BCUT2D eigenvalue weighted by atomic mass is 10.1. The number of benzene rings is 2. The van der Waals surface area contributed by atoms with Crippen molar-refractivity contribution in [3.8, 4) is 0 Å². The van der Waals surface area contributed by atoms with Crippen LogP contribution in [0.25, 0.3) is 10.9 Å². The molecule has 0 bridgehead atoms. The summed E-state index contributed by atoms with van der Waals surface area (Å²) < 4.78 is 0. The third-order valence-corrected chi connectivity index (χ3v) is 3.93. The van der Waals surface area contributed by atoms with Gasteiger partial charge in [0.1, 0.15) is 0 Å². The number of amides is 1. The van der Waals surface area contributed by atoms with Gasteiger partial charge in [0.25, 0.3) is 5.91 Å². The minimum Gasteiger partial charge on any atom is -0.361 e. The highest BCUT2D eigenvalue weighted by molar-refractivity contribution is 6.12. The molecule has 104 valence electrons. The van der Waals surface area contributed by atoms with E-state index in [0.29, 0.717) is 5.56 Å². The van der Waals surface area contributed by atoms with E-state index in [2.05, 4.69) is 21.7 Å². The Bertz CT molecular complexity index is 835. The normalized spacial score (nSPS) is 13.3. The summed E-state index contributed by atoms with van der Waals surface area (Å²) in [5.74, 6) is -0.0777. The van der Waals surface area contributed by atoms with Crippen LogP contribution in [0.4, 0.5) is 5.69 Å². The van der Waals surface area contributed by atoms with Gasteiger partial charge in [0, 0.05) is 41.4 Å². The zero-order chi connectivity index (χ0) is 14.2. The fraction of sp³-hybridized carbons (Fsp3) is 0.118. The number of hydrogen-bond acceptors (Lipinski definition) is 2. The van der Waals surface area contributed by atoms with E-state index in [4.69, 9.17) is 0 Å². The minimum absolute atomic E-state index is 0.0777. The van der Waals surface area contributed by atoms with E-state index >= 15 is 0 Å². The standard InChI is InChI=1S/C17H15N3O/c21-17(15-2-1-3-16-14(15)6-7-19-16)20-13-5-4-11-9-18-10-12(11)8-13/h1-8,18-19H,9-10H2,(H,20,21). The largest absolute Gasteiger partial charge is 0.361 e. The number of carbonyl (C=O) groups is 1. The second kappa shape index (κ2) is 4.75. The summed E-state index contributed by atoms with van der Waals surface area (Å²) in [6.45, 7) is 1.78. The number of nitrogens with one attached hydrogen (secondary N) is 3. The van der Waals surface area contributed by atoms with Crippen LogP contribution >= 0.6 is 0 Å². The van der Waals surface area contributed by atoms with Gasteiger partial charge in [0.05, 0.1) is 0 Å². The first-order valence-electron chi connectivity index (χ1n) is 7.01. The Morgan fingerprint density at radius 3 is 2.90 bits per heavy atom. The molecule has 0 saturated carbocycles. The molecule has 1 aromatic heterocycles. The van der Waals surface area contributed by atoms with Gasteiger partial charge in [-0.2, -0.15) is 0 Å². The topological polar surface area (TPSA) is 56.9 Å².